The van der Waals surface area contributed by atoms with E-state index >= 15 is 0 Å². The summed E-state index contributed by atoms with van der Waals surface area (Å²) in [5, 5.41) is 5.85. The molecule has 0 saturated heterocycles. The molecule has 6 nitrogen and oxygen atoms in total. The molecule has 3 atom stereocenters. The van der Waals surface area contributed by atoms with Gasteiger partial charge in [0.1, 0.15) is 17.2 Å². The van der Waals surface area contributed by atoms with E-state index < -0.39 is 0 Å². The first-order chi connectivity index (χ1) is 13.6. The Kier molecular flexibility index (Phi) is 5.19. The molecule has 2 fully saturated rings. The molecule has 2 saturated carbocycles. The van der Waals surface area contributed by atoms with Crippen LogP contribution >= 0.6 is 0 Å². The molecule has 2 aliphatic rings. The van der Waals surface area contributed by atoms with Crippen molar-refractivity contribution in [3.63, 3.8) is 0 Å². The van der Waals surface area contributed by atoms with Crippen LogP contribution in [-0.2, 0) is 4.79 Å². The van der Waals surface area contributed by atoms with E-state index in [1.165, 1.54) is 25.5 Å². The number of hydrogen-bond acceptors (Lipinski definition) is 4. The van der Waals surface area contributed by atoms with Gasteiger partial charge in [0.25, 0.3) is 11.8 Å². The normalized spacial score (nSPS) is 23.5. The van der Waals surface area contributed by atoms with Crippen molar-refractivity contribution in [2.75, 3.05) is 7.11 Å². The van der Waals surface area contributed by atoms with E-state index in [2.05, 4.69) is 10.6 Å². The van der Waals surface area contributed by atoms with E-state index in [1.807, 2.05) is 0 Å². The summed E-state index contributed by atoms with van der Waals surface area (Å²) < 4.78 is 10.4. The fourth-order valence-corrected chi connectivity index (χ4v) is 4.28. The van der Waals surface area contributed by atoms with Gasteiger partial charge in [0.05, 0.1) is 13.4 Å². The third-order valence-electron chi connectivity index (χ3n) is 5.73. The monoisotopic (exact) mass is 380 g/mol. The number of ether oxygens (including phenoxy) is 1. The molecule has 0 unspecified atom stereocenters. The molecule has 0 radical (unpaired) electrons. The quantitative estimate of drug-likeness (QED) is 0.753. The molecule has 2 N–H and O–H groups in total. The zero-order valence-electron chi connectivity index (χ0n) is 15.8. The number of carbonyl (C=O) groups is 2. The minimum absolute atomic E-state index is 0.179. The molecule has 2 aliphatic carbocycles. The molecule has 0 spiro atoms. The Bertz CT molecular complexity index is 870. The Morgan fingerprint density at radius 2 is 1.96 bits per heavy atom. The predicted octanol–water partition coefficient (Wildman–Crippen LogP) is 3.36. The zero-order chi connectivity index (χ0) is 19.5. The van der Waals surface area contributed by atoms with Crippen molar-refractivity contribution in [1.29, 1.82) is 0 Å². The number of methoxy groups -OCH3 is 1. The first kappa shape index (κ1) is 18.3. The first-order valence-corrected chi connectivity index (χ1v) is 9.64. The van der Waals surface area contributed by atoms with Crippen molar-refractivity contribution in [3.8, 4) is 5.75 Å². The fourth-order valence-electron chi connectivity index (χ4n) is 4.28. The second-order valence-corrected chi connectivity index (χ2v) is 7.51. The molecular weight excluding hydrogens is 356 g/mol. The van der Waals surface area contributed by atoms with Crippen LogP contribution in [0.3, 0.4) is 0 Å². The van der Waals surface area contributed by atoms with Crippen LogP contribution in [0.5, 0.6) is 5.75 Å². The molecule has 4 rings (SSSR count). The maximum atomic E-state index is 12.9. The second kappa shape index (κ2) is 7.92. The Morgan fingerprint density at radius 3 is 2.57 bits per heavy atom. The smallest absolute Gasteiger partial charge is 0.268 e. The van der Waals surface area contributed by atoms with Crippen LogP contribution in [0.25, 0.3) is 6.08 Å². The Hall–Kier alpha value is -3.02. The lowest BCUT2D eigenvalue weighted by Crippen LogP contribution is -2.42. The minimum atomic E-state index is -0.358. The van der Waals surface area contributed by atoms with Gasteiger partial charge in [-0.1, -0.05) is 6.42 Å². The largest absolute Gasteiger partial charge is 0.497 e. The van der Waals surface area contributed by atoms with Gasteiger partial charge in [-0.25, -0.2) is 0 Å². The summed E-state index contributed by atoms with van der Waals surface area (Å²) >= 11 is 0. The van der Waals surface area contributed by atoms with Gasteiger partial charge in [-0.2, -0.15) is 0 Å². The van der Waals surface area contributed by atoms with Gasteiger partial charge in [-0.05, 0) is 67.5 Å². The highest BCUT2D eigenvalue weighted by Crippen LogP contribution is 2.44. The van der Waals surface area contributed by atoms with Crippen molar-refractivity contribution < 1.29 is 18.7 Å². The van der Waals surface area contributed by atoms with Crippen molar-refractivity contribution in [3.05, 3.63) is 59.7 Å². The molecule has 6 heteroatoms. The summed E-state index contributed by atoms with van der Waals surface area (Å²) in [6, 6.07) is 10.4. The van der Waals surface area contributed by atoms with Crippen LogP contribution in [0.15, 0.2) is 52.8 Å². The third kappa shape index (κ3) is 3.96. The summed E-state index contributed by atoms with van der Waals surface area (Å²) in [7, 11) is 1.57. The molecule has 2 bridgehead atoms. The number of benzene rings is 1. The highest BCUT2D eigenvalue weighted by Gasteiger charge is 2.40. The summed E-state index contributed by atoms with van der Waals surface area (Å²) in [4.78, 5) is 25.6. The summed E-state index contributed by atoms with van der Waals surface area (Å²) in [6.45, 7) is 0. The Morgan fingerprint density at radius 1 is 1.14 bits per heavy atom. The zero-order valence-corrected chi connectivity index (χ0v) is 15.8. The topological polar surface area (TPSA) is 80.6 Å². The molecule has 0 aliphatic heterocycles. The van der Waals surface area contributed by atoms with Gasteiger partial charge in [0, 0.05) is 17.7 Å². The Labute approximate surface area is 163 Å². The van der Waals surface area contributed by atoms with Crippen LogP contribution in [0.4, 0.5) is 0 Å². The lowest BCUT2D eigenvalue weighted by molar-refractivity contribution is -0.118. The van der Waals surface area contributed by atoms with Gasteiger partial charge in [0.2, 0.25) is 0 Å². The molecule has 2 aromatic rings. The van der Waals surface area contributed by atoms with Crippen LogP contribution in [0.1, 0.15) is 41.8 Å². The van der Waals surface area contributed by atoms with Gasteiger partial charge < -0.3 is 19.8 Å². The van der Waals surface area contributed by atoms with Crippen molar-refractivity contribution in [2.24, 2.45) is 11.8 Å². The minimum Gasteiger partial charge on any atom is -0.497 e. The summed E-state index contributed by atoms with van der Waals surface area (Å²) in [6.07, 6.45) is 7.75. The first-order valence-electron chi connectivity index (χ1n) is 9.64. The summed E-state index contributed by atoms with van der Waals surface area (Å²) in [5.74, 6) is 1.81. The predicted molar refractivity (Wildman–Crippen MR) is 105 cm³/mol. The highest BCUT2D eigenvalue weighted by molar-refractivity contribution is 6.05. The van der Waals surface area contributed by atoms with Gasteiger partial charge >= 0.3 is 0 Å². The number of furan rings is 1. The molecule has 2 amide bonds. The fraction of sp³-hybridized carbons (Fsp3) is 0.364. The van der Waals surface area contributed by atoms with E-state index in [0.717, 1.165) is 12.3 Å². The van der Waals surface area contributed by atoms with Crippen LogP contribution in [0, 0.1) is 11.8 Å². The van der Waals surface area contributed by atoms with E-state index in [4.69, 9.17) is 9.15 Å². The van der Waals surface area contributed by atoms with Crippen LogP contribution < -0.4 is 15.4 Å². The maximum Gasteiger partial charge on any atom is 0.268 e. The SMILES string of the molecule is COc1ccc(C(=O)N/C(=C\c2ccco2)C(=O)N[C@H]2C[C@H]3CC[C@H]2C3)cc1. The number of rotatable bonds is 6. The van der Waals surface area contributed by atoms with Crippen LogP contribution in [0.2, 0.25) is 0 Å². The van der Waals surface area contributed by atoms with E-state index in [1.54, 1.807) is 49.6 Å². The molecule has 1 aromatic heterocycles. The number of carbonyl (C=O) groups excluding carboxylic acids is 2. The van der Waals surface area contributed by atoms with Gasteiger partial charge in [-0.15, -0.1) is 0 Å². The standard InChI is InChI=1S/C22H24N2O4/c1-27-17-8-6-15(7-9-17)21(25)24-20(13-18-3-2-10-28-18)22(26)23-19-12-14-4-5-16(19)11-14/h2-3,6-10,13-14,16,19H,4-5,11-12H2,1H3,(H,23,26)(H,24,25)/b20-13-/t14-,16-,19-/m0/s1. The number of amides is 2. The van der Waals surface area contributed by atoms with Crippen LogP contribution in [-0.4, -0.2) is 25.0 Å². The second-order valence-electron chi connectivity index (χ2n) is 7.51. The van der Waals surface area contributed by atoms with E-state index in [-0.39, 0.29) is 23.6 Å². The number of fused-ring (bicyclic) bond motifs is 2. The van der Waals surface area contributed by atoms with Gasteiger partial charge in [0.15, 0.2) is 0 Å². The van der Waals surface area contributed by atoms with Crippen molar-refractivity contribution >= 4 is 17.9 Å². The average Bonchev–Trinajstić information content (AvgIpc) is 3.46. The molecule has 28 heavy (non-hydrogen) atoms. The van der Waals surface area contributed by atoms with Gasteiger partial charge in [-0.3, -0.25) is 9.59 Å². The molecule has 1 aromatic carbocycles. The molecule has 1 heterocycles. The van der Waals surface area contributed by atoms with E-state index in [0.29, 0.717) is 23.0 Å². The third-order valence-corrected chi connectivity index (χ3v) is 5.73. The highest BCUT2D eigenvalue weighted by atomic mass is 16.5. The molecular formula is C22H24N2O4. The Balaban J connectivity index is 1.50. The lowest BCUT2D eigenvalue weighted by atomic mass is 9.95. The summed E-state index contributed by atoms with van der Waals surface area (Å²) in [5.41, 5.74) is 0.623. The number of nitrogens with one attached hydrogen (secondary N) is 2. The molecule has 146 valence electrons. The maximum absolute atomic E-state index is 12.9. The van der Waals surface area contributed by atoms with E-state index in [9.17, 15) is 9.59 Å². The lowest BCUT2D eigenvalue weighted by Gasteiger charge is -2.23. The average molecular weight is 380 g/mol. The van der Waals surface area contributed by atoms with Crippen molar-refractivity contribution in [1.82, 2.24) is 10.6 Å². The van der Waals surface area contributed by atoms with Crippen molar-refractivity contribution in [2.45, 2.75) is 31.7 Å². The number of hydrogen-bond donors (Lipinski definition) is 2.